The first-order valence-corrected chi connectivity index (χ1v) is 7.64. The fourth-order valence-corrected chi connectivity index (χ4v) is 3.05. The maximum absolute atomic E-state index is 5.82. The summed E-state index contributed by atoms with van der Waals surface area (Å²) in [4.78, 5) is 2.70. The molecule has 2 heteroatoms. The summed E-state index contributed by atoms with van der Waals surface area (Å²) in [6.07, 6.45) is 9.56. The van der Waals surface area contributed by atoms with Gasteiger partial charge in [-0.05, 0) is 45.6 Å². The number of hydrogen-bond acceptors (Lipinski definition) is 2. The van der Waals surface area contributed by atoms with E-state index in [1.165, 1.54) is 51.5 Å². The van der Waals surface area contributed by atoms with Crippen molar-refractivity contribution in [3.8, 4) is 0 Å². The predicted molar refractivity (Wildman–Crippen MR) is 76.2 cm³/mol. The highest BCUT2D eigenvalue weighted by Crippen LogP contribution is 2.25. The Labute approximate surface area is 108 Å². The summed E-state index contributed by atoms with van der Waals surface area (Å²) >= 11 is 0. The maximum Gasteiger partial charge on any atom is 0.00699 e. The van der Waals surface area contributed by atoms with Crippen LogP contribution in [0, 0.1) is 5.92 Å². The van der Waals surface area contributed by atoms with Gasteiger partial charge in [0, 0.05) is 18.6 Å². The number of rotatable bonds is 7. The van der Waals surface area contributed by atoms with Crippen LogP contribution < -0.4 is 5.73 Å². The van der Waals surface area contributed by atoms with Gasteiger partial charge in [-0.15, -0.1) is 0 Å². The summed E-state index contributed by atoms with van der Waals surface area (Å²) in [5.41, 5.74) is 5.82. The molecule has 2 nitrogen and oxygen atoms in total. The molecule has 0 saturated carbocycles. The van der Waals surface area contributed by atoms with Gasteiger partial charge in [-0.2, -0.15) is 0 Å². The van der Waals surface area contributed by atoms with E-state index in [-0.39, 0.29) is 0 Å². The summed E-state index contributed by atoms with van der Waals surface area (Å²) < 4.78 is 0. The van der Waals surface area contributed by atoms with Crippen LogP contribution in [0.25, 0.3) is 0 Å². The van der Waals surface area contributed by atoms with E-state index >= 15 is 0 Å². The first-order chi connectivity index (χ1) is 8.19. The van der Waals surface area contributed by atoms with E-state index < -0.39 is 0 Å². The van der Waals surface area contributed by atoms with Crippen molar-refractivity contribution in [3.63, 3.8) is 0 Å². The fourth-order valence-electron chi connectivity index (χ4n) is 3.05. The first-order valence-electron chi connectivity index (χ1n) is 7.64. The highest BCUT2D eigenvalue weighted by atomic mass is 15.2. The molecular formula is C15H32N2. The molecule has 1 rings (SSSR count). The van der Waals surface area contributed by atoms with Crippen LogP contribution in [-0.4, -0.2) is 30.1 Å². The molecule has 17 heavy (non-hydrogen) atoms. The van der Waals surface area contributed by atoms with Crippen LogP contribution in [0.2, 0.25) is 0 Å². The molecule has 1 saturated heterocycles. The van der Waals surface area contributed by atoms with Crippen LogP contribution in [0.3, 0.4) is 0 Å². The van der Waals surface area contributed by atoms with Crippen molar-refractivity contribution in [1.29, 1.82) is 0 Å². The predicted octanol–water partition coefficient (Wildman–Crippen LogP) is 3.40. The zero-order chi connectivity index (χ0) is 12.7. The van der Waals surface area contributed by atoms with Crippen molar-refractivity contribution >= 4 is 0 Å². The van der Waals surface area contributed by atoms with Gasteiger partial charge in [0.2, 0.25) is 0 Å². The van der Waals surface area contributed by atoms with Gasteiger partial charge in [0.05, 0.1) is 0 Å². The Morgan fingerprint density at radius 3 is 2.65 bits per heavy atom. The molecule has 0 aromatic carbocycles. The second-order valence-electron chi connectivity index (χ2n) is 5.92. The van der Waals surface area contributed by atoms with Gasteiger partial charge in [-0.3, -0.25) is 4.90 Å². The third-order valence-corrected chi connectivity index (χ3v) is 4.40. The molecular weight excluding hydrogens is 208 g/mol. The molecule has 0 spiro atoms. The summed E-state index contributed by atoms with van der Waals surface area (Å²) in [6.45, 7) is 9.16. The SMILES string of the molecule is CCCCCCC(C)N1CC(CN)CCC1C. The van der Waals surface area contributed by atoms with Gasteiger partial charge < -0.3 is 5.73 Å². The lowest BCUT2D eigenvalue weighted by atomic mass is 9.91. The van der Waals surface area contributed by atoms with Gasteiger partial charge in [-0.1, -0.05) is 32.6 Å². The zero-order valence-corrected chi connectivity index (χ0v) is 12.1. The van der Waals surface area contributed by atoms with Crippen LogP contribution in [0.5, 0.6) is 0 Å². The molecule has 0 bridgehead atoms. The number of likely N-dealkylation sites (tertiary alicyclic amines) is 1. The van der Waals surface area contributed by atoms with Crippen molar-refractivity contribution in [2.75, 3.05) is 13.1 Å². The minimum Gasteiger partial charge on any atom is -0.330 e. The summed E-state index contributed by atoms with van der Waals surface area (Å²) in [5.74, 6) is 0.740. The second kappa shape index (κ2) is 8.10. The lowest BCUT2D eigenvalue weighted by Gasteiger charge is -2.41. The number of piperidine rings is 1. The molecule has 0 aromatic rings. The van der Waals surface area contributed by atoms with Gasteiger partial charge in [-0.25, -0.2) is 0 Å². The standard InChI is InChI=1S/C15H32N2/c1-4-5-6-7-8-13(2)17-12-15(11-16)10-9-14(17)3/h13-15H,4-12,16H2,1-3H3. The molecule has 3 atom stereocenters. The van der Waals surface area contributed by atoms with E-state index in [4.69, 9.17) is 5.73 Å². The smallest absolute Gasteiger partial charge is 0.00699 e. The Balaban J connectivity index is 2.29. The van der Waals surface area contributed by atoms with Gasteiger partial charge in [0.15, 0.2) is 0 Å². The average molecular weight is 240 g/mol. The molecule has 2 N–H and O–H groups in total. The Hall–Kier alpha value is -0.0800. The fraction of sp³-hybridized carbons (Fsp3) is 1.00. The second-order valence-corrected chi connectivity index (χ2v) is 5.92. The Bertz CT molecular complexity index is 193. The van der Waals surface area contributed by atoms with E-state index in [1.807, 2.05) is 0 Å². The number of unbranched alkanes of at least 4 members (excludes halogenated alkanes) is 3. The Morgan fingerprint density at radius 1 is 1.24 bits per heavy atom. The molecule has 0 aliphatic carbocycles. The maximum atomic E-state index is 5.82. The molecule has 0 amide bonds. The molecule has 0 radical (unpaired) electrons. The average Bonchev–Trinajstić information content (AvgIpc) is 2.35. The van der Waals surface area contributed by atoms with E-state index in [1.54, 1.807) is 0 Å². The third kappa shape index (κ3) is 4.97. The summed E-state index contributed by atoms with van der Waals surface area (Å²) in [6, 6.07) is 1.51. The molecule has 1 aliphatic rings. The van der Waals surface area contributed by atoms with Crippen LogP contribution in [-0.2, 0) is 0 Å². The van der Waals surface area contributed by atoms with E-state index in [0.29, 0.717) is 0 Å². The number of hydrogen-bond donors (Lipinski definition) is 1. The van der Waals surface area contributed by atoms with Crippen molar-refractivity contribution in [2.45, 2.75) is 77.8 Å². The summed E-state index contributed by atoms with van der Waals surface area (Å²) in [5, 5.41) is 0. The highest BCUT2D eigenvalue weighted by Gasteiger charge is 2.27. The van der Waals surface area contributed by atoms with Crippen molar-refractivity contribution in [3.05, 3.63) is 0 Å². The molecule has 0 aromatic heterocycles. The van der Waals surface area contributed by atoms with E-state index in [2.05, 4.69) is 25.7 Å². The van der Waals surface area contributed by atoms with Crippen LogP contribution in [0.15, 0.2) is 0 Å². The van der Waals surface area contributed by atoms with Gasteiger partial charge >= 0.3 is 0 Å². The minimum absolute atomic E-state index is 0.740. The quantitative estimate of drug-likeness (QED) is 0.691. The first kappa shape index (κ1) is 15.0. The molecule has 1 heterocycles. The third-order valence-electron chi connectivity index (χ3n) is 4.40. The lowest BCUT2D eigenvalue weighted by molar-refractivity contribution is 0.0762. The molecule has 3 unspecified atom stereocenters. The van der Waals surface area contributed by atoms with Crippen molar-refractivity contribution in [2.24, 2.45) is 11.7 Å². The highest BCUT2D eigenvalue weighted by molar-refractivity contribution is 4.82. The monoisotopic (exact) mass is 240 g/mol. The minimum atomic E-state index is 0.740. The molecule has 1 aliphatic heterocycles. The lowest BCUT2D eigenvalue weighted by Crippen LogP contribution is -2.48. The summed E-state index contributed by atoms with van der Waals surface area (Å²) in [7, 11) is 0. The van der Waals surface area contributed by atoms with Gasteiger partial charge in [0.1, 0.15) is 0 Å². The van der Waals surface area contributed by atoms with Crippen LogP contribution in [0.4, 0.5) is 0 Å². The molecule has 1 fully saturated rings. The number of nitrogens with two attached hydrogens (primary N) is 1. The van der Waals surface area contributed by atoms with Crippen molar-refractivity contribution < 1.29 is 0 Å². The number of nitrogens with zero attached hydrogens (tertiary/aromatic N) is 1. The largest absolute Gasteiger partial charge is 0.330 e. The van der Waals surface area contributed by atoms with Crippen molar-refractivity contribution in [1.82, 2.24) is 4.90 Å². The van der Waals surface area contributed by atoms with Gasteiger partial charge in [0.25, 0.3) is 0 Å². The van der Waals surface area contributed by atoms with Crippen LogP contribution >= 0.6 is 0 Å². The Kier molecular flexibility index (Phi) is 7.14. The van der Waals surface area contributed by atoms with E-state index in [9.17, 15) is 0 Å². The normalized spacial score (nSPS) is 28.2. The molecule has 102 valence electrons. The van der Waals surface area contributed by atoms with Crippen LogP contribution in [0.1, 0.15) is 65.7 Å². The Morgan fingerprint density at radius 2 is 2.00 bits per heavy atom. The van der Waals surface area contributed by atoms with E-state index in [0.717, 1.165) is 24.5 Å². The topological polar surface area (TPSA) is 29.3 Å². The zero-order valence-electron chi connectivity index (χ0n) is 12.1.